The molecule has 0 spiro atoms. The van der Waals surface area contributed by atoms with Crippen LogP contribution in [0.25, 0.3) is 0 Å². The predicted molar refractivity (Wildman–Crippen MR) is 43.9 cm³/mol. The van der Waals surface area contributed by atoms with Crippen molar-refractivity contribution in [3.63, 3.8) is 0 Å². The highest BCUT2D eigenvalue weighted by atomic mass is 19.4. The average Bonchev–Trinajstić information content (AvgIpc) is 2.55. The highest BCUT2D eigenvalue weighted by Gasteiger charge is 2.37. The molecular weight excluding hydrogens is 199 g/mol. The number of halogens is 3. The molecule has 0 unspecified atom stereocenters. The largest absolute Gasteiger partial charge is 0.415 e. The zero-order valence-corrected chi connectivity index (χ0v) is 7.68. The molecule has 0 aromatic heterocycles. The van der Waals surface area contributed by atoms with Crippen molar-refractivity contribution in [2.45, 2.75) is 31.2 Å². The summed E-state index contributed by atoms with van der Waals surface area (Å²) in [7, 11) is 0. The summed E-state index contributed by atoms with van der Waals surface area (Å²) < 4.78 is 40.7. The Bertz CT molecular complexity index is 168. The van der Waals surface area contributed by atoms with E-state index in [1.807, 2.05) is 0 Å². The fourth-order valence-electron chi connectivity index (χ4n) is 1.30. The quantitative estimate of drug-likeness (QED) is 0.721. The minimum absolute atomic E-state index is 0.00423. The van der Waals surface area contributed by atoms with Gasteiger partial charge in [0.05, 0.1) is 6.10 Å². The standard InChI is InChI=1S/C8H14F3NO2/c9-8(10,11)7(13)5-12-4-6-2-1-3-14-6/h6-7,12-13H,1-5H2/t6-,7-/m1/s1. The average molecular weight is 213 g/mol. The normalized spacial score (nSPS) is 25.3. The van der Waals surface area contributed by atoms with Gasteiger partial charge in [-0.1, -0.05) is 0 Å². The number of ether oxygens (including phenoxy) is 1. The van der Waals surface area contributed by atoms with Crippen LogP contribution in [0, 0.1) is 0 Å². The fraction of sp³-hybridized carbons (Fsp3) is 1.00. The molecule has 14 heavy (non-hydrogen) atoms. The van der Waals surface area contributed by atoms with Gasteiger partial charge in [0.2, 0.25) is 0 Å². The second kappa shape index (κ2) is 4.95. The molecule has 0 bridgehead atoms. The van der Waals surface area contributed by atoms with E-state index in [-0.39, 0.29) is 6.10 Å². The molecular formula is C8H14F3NO2. The van der Waals surface area contributed by atoms with Crippen LogP contribution < -0.4 is 5.32 Å². The lowest BCUT2D eigenvalue weighted by Crippen LogP contribution is -2.40. The molecule has 1 fully saturated rings. The van der Waals surface area contributed by atoms with Gasteiger partial charge in [0.1, 0.15) is 0 Å². The number of aliphatic hydroxyl groups is 1. The van der Waals surface area contributed by atoms with Crippen molar-refractivity contribution in [3.8, 4) is 0 Å². The molecule has 2 N–H and O–H groups in total. The van der Waals surface area contributed by atoms with E-state index in [0.29, 0.717) is 13.2 Å². The van der Waals surface area contributed by atoms with Crippen LogP contribution in [0.2, 0.25) is 0 Å². The summed E-state index contributed by atoms with van der Waals surface area (Å²) in [6, 6.07) is 0. The van der Waals surface area contributed by atoms with Gasteiger partial charge in [-0.15, -0.1) is 0 Å². The first-order valence-electron chi connectivity index (χ1n) is 4.57. The molecule has 1 saturated heterocycles. The van der Waals surface area contributed by atoms with E-state index < -0.39 is 18.8 Å². The van der Waals surface area contributed by atoms with Crippen LogP contribution in [0.4, 0.5) is 13.2 Å². The first-order chi connectivity index (χ1) is 6.50. The number of aliphatic hydroxyl groups excluding tert-OH is 1. The summed E-state index contributed by atoms with van der Waals surface area (Å²) in [6.45, 7) is 0.574. The van der Waals surface area contributed by atoms with Gasteiger partial charge in [-0.3, -0.25) is 0 Å². The second-order valence-corrected chi connectivity index (χ2v) is 3.35. The monoisotopic (exact) mass is 213 g/mol. The molecule has 1 aliphatic rings. The summed E-state index contributed by atoms with van der Waals surface area (Å²) in [5.74, 6) is 0. The predicted octanol–water partition coefficient (Wildman–Crippen LogP) is 0.678. The Labute approximate surface area is 80.2 Å². The maximum absolute atomic E-state index is 11.8. The van der Waals surface area contributed by atoms with E-state index in [9.17, 15) is 13.2 Å². The number of nitrogens with one attached hydrogen (secondary N) is 1. The lowest BCUT2D eigenvalue weighted by Gasteiger charge is -2.16. The molecule has 0 amide bonds. The Hall–Kier alpha value is -0.330. The maximum atomic E-state index is 11.8. The van der Waals surface area contributed by atoms with Crippen molar-refractivity contribution in [2.75, 3.05) is 19.7 Å². The van der Waals surface area contributed by atoms with Crippen LogP contribution in [0.3, 0.4) is 0 Å². The van der Waals surface area contributed by atoms with Crippen LogP contribution in [0.15, 0.2) is 0 Å². The number of alkyl halides is 3. The Kier molecular flexibility index (Phi) is 4.15. The van der Waals surface area contributed by atoms with Crippen molar-refractivity contribution < 1.29 is 23.0 Å². The Morgan fingerprint density at radius 1 is 1.50 bits per heavy atom. The summed E-state index contributed by atoms with van der Waals surface area (Å²) in [6.07, 6.45) is -5.01. The molecule has 1 heterocycles. The van der Waals surface area contributed by atoms with E-state index >= 15 is 0 Å². The minimum atomic E-state index is -4.54. The smallest absolute Gasteiger partial charge is 0.382 e. The lowest BCUT2D eigenvalue weighted by molar-refractivity contribution is -0.202. The van der Waals surface area contributed by atoms with Gasteiger partial charge in [-0.05, 0) is 12.8 Å². The topological polar surface area (TPSA) is 41.5 Å². The summed E-state index contributed by atoms with van der Waals surface area (Å²) >= 11 is 0. The molecule has 1 aliphatic heterocycles. The van der Waals surface area contributed by atoms with Crippen molar-refractivity contribution in [1.82, 2.24) is 5.32 Å². The van der Waals surface area contributed by atoms with Crippen LogP contribution in [-0.4, -0.2) is 43.2 Å². The van der Waals surface area contributed by atoms with Gasteiger partial charge < -0.3 is 15.2 Å². The first-order valence-corrected chi connectivity index (χ1v) is 4.57. The molecule has 2 atom stereocenters. The third-order valence-electron chi connectivity index (χ3n) is 2.11. The van der Waals surface area contributed by atoms with E-state index in [1.165, 1.54) is 0 Å². The molecule has 0 aliphatic carbocycles. The highest BCUT2D eigenvalue weighted by Crippen LogP contribution is 2.19. The van der Waals surface area contributed by atoms with E-state index in [4.69, 9.17) is 9.84 Å². The summed E-state index contributed by atoms with van der Waals surface area (Å²) in [4.78, 5) is 0. The van der Waals surface area contributed by atoms with Gasteiger partial charge in [0.15, 0.2) is 6.10 Å². The number of hydrogen-bond acceptors (Lipinski definition) is 3. The van der Waals surface area contributed by atoms with Crippen LogP contribution >= 0.6 is 0 Å². The number of rotatable bonds is 4. The molecule has 6 heteroatoms. The Balaban J connectivity index is 2.08. The molecule has 0 saturated carbocycles. The SMILES string of the molecule is O[C@H](CNC[C@H]1CCCO1)C(F)(F)F. The summed E-state index contributed by atoms with van der Waals surface area (Å²) in [5.41, 5.74) is 0. The summed E-state index contributed by atoms with van der Waals surface area (Å²) in [5, 5.41) is 11.2. The van der Waals surface area contributed by atoms with Gasteiger partial charge in [-0.25, -0.2) is 0 Å². The molecule has 84 valence electrons. The zero-order chi connectivity index (χ0) is 10.6. The molecule has 1 rings (SSSR count). The fourth-order valence-corrected chi connectivity index (χ4v) is 1.30. The van der Waals surface area contributed by atoms with E-state index in [0.717, 1.165) is 12.8 Å². The maximum Gasteiger partial charge on any atom is 0.415 e. The van der Waals surface area contributed by atoms with Crippen LogP contribution in [0.1, 0.15) is 12.8 Å². The van der Waals surface area contributed by atoms with Gasteiger partial charge >= 0.3 is 6.18 Å². The molecule has 3 nitrogen and oxygen atoms in total. The molecule has 0 radical (unpaired) electrons. The zero-order valence-electron chi connectivity index (χ0n) is 7.68. The third-order valence-corrected chi connectivity index (χ3v) is 2.11. The van der Waals surface area contributed by atoms with Crippen LogP contribution in [0.5, 0.6) is 0 Å². The highest BCUT2D eigenvalue weighted by molar-refractivity contribution is 4.72. The lowest BCUT2D eigenvalue weighted by atomic mass is 10.2. The Morgan fingerprint density at radius 3 is 2.71 bits per heavy atom. The van der Waals surface area contributed by atoms with Crippen molar-refractivity contribution in [3.05, 3.63) is 0 Å². The number of hydrogen-bond donors (Lipinski definition) is 2. The van der Waals surface area contributed by atoms with Gasteiger partial charge in [-0.2, -0.15) is 13.2 Å². The third kappa shape index (κ3) is 3.81. The first kappa shape index (κ1) is 11.7. The minimum Gasteiger partial charge on any atom is -0.382 e. The van der Waals surface area contributed by atoms with E-state index in [2.05, 4.69) is 5.32 Å². The second-order valence-electron chi connectivity index (χ2n) is 3.35. The molecule has 0 aromatic carbocycles. The van der Waals surface area contributed by atoms with Gasteiger partial charge in [0.25, 0.3) is 0 Å². The Morgan fingerprint density at radius 2 is 2.21 bits per heavy atom. The van der Waals surface area contributed by atoms with Gasteiger partial charge in [0, 0.05) is 19.7 Å². The molecule has 0 aromatic rings. The van der Waals surface area contributed by atoms with Crippen LogP contribution in [-0.2, 0) is 4.74 Å². The van der Waals surface area contributed by atoms with Crippen molar-refractivity contribution in [2.24, 2.45) is 0 Å². The van der Waals surface area contributed by atoms with Crippen molar-refractivity contribution >= 4 is 0 Å². The van der Waals surface area contributed by atoms with Crippen molar-refractivity contribution in [1.29, 1.82) is 0 Å². The van der Waals surface area contributed by atoms with E-state index in [1.54, 1.807) is 0 Å².